The van der Waals surface area contributed by atoms with Crippen molar-refractivity contribution in [1.29, 1.82) is 0 Å². The van der Waals surface area contributed by atoms with Crippen molar-refractivity contribution in [3.8, 4) is 5.75 Å². The van der Waals surface area contributed by atoms with Crippen LogP contribution in [0.4, 0.5) is 0 Å². The van der Waals surface area contributed by atoms with Gasteiger partial charge < -0.3 is 4.74 Å². The van der Waals surface area contributed by atoms with E-state index < -0.39 is 23.8 Å². The Hall–Kier alpha value is -1.49. The first kappa shape index (κ1) is 16.6. The molecule has 1 aromatic carbocycles. The monoisotopic (exact) mass is 340 g/mol. The number of carbonyl (C=O) groups excluding carboxylic acids is 3. The summed E-state index contributed by atoms with van der Waals surface area (Å²) in [7, 11) is 0. The minimum Gasteiger partial charge on any atom is -0.490 e. The summed E-state index contributed by atoms with van der Waals surface area (Å²) in [4.78, 5) is 34.9. The fourth-order valence-corrected chi connectivity index (χ4v) is 1.95. The zero-order valence-corrected chi connectivity index (χ0v) is 13.3. The molecule has 0 radical (unpaired) electrons. The Bertz CT molecular complexity index is 535. The van der Waals surface area contributed by atoms with Gasteiger partial charge in [0.25, 0.3) is 0 Å². The topological polar surface area (TPSA) is 60.4 Å². The van der Waals surface area contributed by atoms with Gasteiger partial charge in [-0.15, -0.1) is 0 Å². The molecule has 0 fully saturated rings. The van der Waals surface area contributed by atoms with E-state index in [0.717, 1.165) is 4.47 Å². The van der Waals surface area contributed by atoms with Gasteiger partial charge in [-0.3, -0.25) is 14.4 Å². The summed E-state index contributed by atoms with van der Waals surface area (Å²) < 4.78 is 6.35. The molecule has 0 amide bonds. The van der Waals surface area contributed by atoms with Crippen molar-refractivity contribution in [2.24, 2.45) is 0 Å². The minimum absolute atomic E-state index is 0.0937. The Kier molecular flexibility index (Phi) is 6.07. The van der Waals surface area contributed by atoms with Gasteiger partial charge in [0, 0.05) is 10.9 Å². The predicted octanol–water partition coefficient (Wildman–Crippen LogP) is 3.36. The first-order chi connectivity index (χ1) is 9.35. The van der Waals surface area contributed by atoms with Crippen LogP contribution in [0.25, 0.3) is 0 Å². The number of ether oxygens (including phenoxy) is 1. The van der Waals surface area contributed by atoms with E-state index in [-0.39, 0.29) is 12.5 Å². The Morgan fingerprint density at radius 1 is 1.20 bits per heavy atom. The van der Waals surface area contributed by atoms with Crippen LogP contribution < -0.4 is 4.74 Å². The summed E-state index contributed by atoms with van der Waals surface area (Å²) in [6, 6.07) is 4.97. The standard InChI is InChI=1S/C15H17BrO4/c1-4-12(17)14(19)8-13(18)11-6-5-10(16)7-15(11)20-9(2)3/h5-7,9H,4,8H2,1-3H3. The molecule has 0 aliphatic rings. The van der Waals surface area contributed by atoms with Crippen LogP contribution >= 0.6 is 15.9 Å². The zero-order valence-electron chi connectivity index (χ0n) is 11.7. The minimum atomic E-state index is -0.657. The van der Waals surface area contributed by atoms with E-state index >= 15 is 0 Å². The SMILES string of the molecule is CCC(=O)C(=O)CC(=O)c1ccc(Br)cc1OC(C)C. The molecular weight excluding hydrogens is 324 g/mol. The van der Waals surface area contributed by atoms with E-state index in [0.29, 0.717) is 11.3 Å². The van der Waals surface area contributed by atoms with E-state index in [1.165, 1.54) is 0 Å². The van der Waals surface area contributed by atoms with Gasteiger partial charge >= 0.3 is 0 Å². The van der Waals surface area contributed by atoms with E-state index in [1.807, 2.05) is 13.8 Å². The summed E-state index contributed by atoms with van der Waals surface area (Å²) in [5, 5.41) is 0. The highest BCUT2D eigenvalue weighted by molar-refractivity contribution is 9.10. The van der Waals surface area contributed by atoms with Gasteiger partial charge in [0.05, 0.1) is 18.1 Å². The molecule has 20 heavy (non-hydrogen) atoms. The van der Waals surface area contributed by atoms with Crippen molar-refractivity contribution < 1.29 is 19.1 Å². The van der Waals surface area contributed by atoms with Crippen molar-refractivity contribution >= 4 is 33.3 Å². The molecule has 0 aliphatic carbocycles. The molecule has 0 N–H and O–H groups in total. The molecule has 0 spiro atoms. The van der Waals surface area contributed by atoms with Gasteiger partial charge in [0.2, 0.25) is 5.78 Å². The van der Waals surface area contributed by atoms with E-state index in [2.05, 4.69) is 15.9 Å². The average Bonchev–Trinajstić information content (AvgIpc) is 2.36. The van der Waals surface area contributed by atoms with Crippen molar-refractivity contribution in [2.45, 2.75) is 39.7 Å². The van der Waals surface area contributed by atoms with Crippen LogP contribution in [0, 0.1) is 0 Å². The van der Waals surface area contributed by atoms with E-state index in [1.54, 1.807) is 25.1 Å². The van der Waals surface area contributed by atoms with Gasteiger partial charge in [-0.25, -0.2) is 0 Å². The quantitative estimate of drug-likeness (QED) is 0.433. The average molecular weight is 341 g/mol. The first-order valence-corrected chi connectivity index (χ1v) is 7.19. The molecule has 1 rings (SSSR count). The lowest BCUT2D eigenvalue weighted by atomic mass is 10.0. The van der Waals surface area contributed by atoms with E-state index in [4.69, 9.17) is 4.74 Å². The molecule has 4 nitrogen and oxygen atoms in total. The van der Waals surface area contributed by atoms with Crippen LogP contribution in [0.1, 0.15) is 44.0 Å². The number of halogens is 1. The Morgan fingerprint density at radius 3 is 2.40 bits per heavy atom. The Morgan fingerprint density at radius 2 is 1.85 bits per heavy atom. The highest BCUT2D eigenvalue weighted by atomic mass is 79.9. The van der Waals surface area contributed by atoms with Crippen LogP contribution in [-0.2, 0) is 9.59 Å². The summed E-state index contributed by atoms with van der Waals surface area (Å²) in [6.45, 7) is 5.29. The maximum absolute atomic E-state index is 12.1. The normalized spacial score (nSPS) is 10.4. The second kappa shape index (κ2) is 7.33. The summed E-state index contributed by atoms with van der Waals surface area (Å²) in [5.41, 5.74) is 0.319. The number of rotatable bonds is 7. The molecule has 108 valence electrons. The first-order valence-electron chi connectivity index (χ1n) is 6.40. The van der Waals surface area contributed by atoms with Crippen molar-refractivity contribution in [2.75, 3.05) is 0 Å². The Balaban J connectivity index is 2.97. The largest absolute Gasteiger partial charge is 0.490 e. The molecule has 0 aromatic heterocycles. The molecule has 0 aliphatic heterocycles. The third-order valence-electron chi connectivity index (χ3n) is 2.56. The highest BCUT2D eigenvalue weighted by Gasteiger charge is 2.20. The molecular formula is C15H17BrO4. The number of Topliss-reactive ketones (excluding diaryl/α,β-unsaturated/α-hetero) is 3. The second-order valence-corrected chi connectivity index (χ2v) is 5.52. The maximum atomic E-state index is 12.1. The third kappa shape index (κ3) is 4.56. The molecule has 5 heteroatoms. The van der Waals surface area contributed by atoms with Gasteiger partial charge in [-0.05, 0) is 32.0 Å². The Labute approximate surface area is 126 Å². The third-order valence-corrected chi connectivity index (χ3v) is 3.05. The van der Waals surface area contributed by atoms with Crippen LogP contribution in [0.15, 0.2) is 22.7 Å². The molecule has 0 unspecified atom stereocenters. The highest BCUT2D eigenvalue weighted by Crippen LogP contribution is 2.26. The summed E-state index contributed by atoms with van der Waals surface area (Å²) in [5.74, 6) is -1.17. The number of hydrogen-bond acceptors (Lipinski definition) is 4. The molecule has 0 bridgehead atoms. The summed E-state index contributed by atoms with van der Waals surface area (Å²) >= 11 is 3.31. The number of carbonyl (C=O) groups is 3. The van der Waals surface area contributed by atoms with Crippen molar-refractivity contribution in [3.63, 3.8) is 0 Å². The van der Waals surface area contributed by atoms with Crippen LogP contribution in [-0.4, -0.2) is 23.5 Å². The van der Waals surface area contributed by atoms with Crippen LogP contribution in [0.2, 0.25) is 0 Å². The van der Waals surface area contributed by atoms with Gasteiger partial charge in [-0.1, -0.05) is 22.9 Å². The van der Waals surface area contributed by atoms with Crippen molar-refractivity contribution in [1.82, 2.24) is 0 Å². The molecule has 0 heterocycles. The molecule has 1 aromatic rings. The summed E-state index contributed by atoms with van der Waals surface area (Å²) in [6.07, 6.45) is -0.395. The lowest BCUT2D eigenvalue weighted by molar-refractivity contribution is -0.135. The maximum Gasteiger partial charge on any atom is 0.206 e. The van der Waals surface area contributed by atoms with Crippen LogP contribution in [0.3, 0.4) is 0 Å². The molecule has 0 saturated carbocycles. The second-order valence-electron chi connectivity index (χ2n) is 4.61. The lowest BCUT2D eigenvalue weighted by Gasteiger charge is -2.13. The predicted molar refractivity (Wildman–Crippen MR) is 79.2 cm³/mol. The lowest BCUT2D eigenvalue weighted by Crippen LogP contribution is -2.18. The molecule has 0 atom stereocenters. The fourth-order valence-electron chi connectivity index (χ4n) is 1.61. The number of benzene rings is 1. The number of hydrogen-bond donors (Lipinski definition) is 0. The molecule has 0 saturated heterocycles. The van der Waals surface area contributed by atoms with Gasteiger partial charge in [0.1, 0.15) is 5.75 Å². The van der Waals surface area contributed by atoms with E-state index in [9.17, 15) is 14.4 Å². The fraction of sp³-hybridized carbons (Fsp3) is 0.400. The number of ketones is 3. The zero-order chi connectivity index (χ0) is 15.3. The van der Waals surface area contributed by atoms with Gasteiger partial charge in [-0.2, -0.15) is 0 Å². The smallest absolute Gasteiger partial charge is 0.206 e. The van der Waals surface area contributed by atoms with Crippen LogP contribution in [0.5, 0.6) is 5.75 Å². The van der Waals surface area contributed by atoms with Crippen molar-refractivity contribution in [3.05, 3.63) is 28.2 Å². The van der Waals surface area contributed by atoms with Gasteiger partial charge in [0.15, 0.2) is 11.6 Å².